The van der Waals surface area contributed by atoms with Gasteiger partial charge < -0.3 is 25.0 Å². The van der Waals surface area contributed by atoms with Gasteiger partial charge in [-0.3, -0.25) is 9.59 Å². The third-order valence-electron chi connectivity index (χ3n) is 6.77. The number of anilines is 1. The van der Waals surface area contributed by atoms with E-state index in [1.165, 1.54) is 13.2 Å². The maximum Gasteiger partial charge on any atom is 0.256 e. The van der Waals surface area contributed by atoms with Gasteiger partial charge in [0.2, 0.25) is 0 Å². The molecule has 5 aromatic rings. The van der Waals surface area contributed by atoms with Crippen LogP contribution in [0.5, 0.6) is 11.5 Å². The number of aromatic nitrogens is 3. The molecule has 0 radical (unpaired) electrons. The van der Waals surface area contributed by atoms with Gasteiger partial charge in [0.15, 0.2) is 5.82 Å². The molecule has 3 N–H and O–H groups in total. The first-order valence-electron chi connectivity index (χ1n) is 13.5. The molecule has 0 atom stereocenters. The van der Waals surface area contributed by atoms with Crippen LogP contribution in [0.4, 0.5) is 5.82 Å². The number of nitrogens with one attached hydrogen (secondary N) is 2. The second-order valence-corrected chi connectivity index (χ2v) is 9.58. The molecule has 0 saturated carbocycles. The molecule has 0 aliphatic rings. The average Bonchev–Trinajstić information content (AvgIpc) is 3.56. The highest BCUT2D eigenvalue weighted by molar-refractivity contribution is 6.05. The first kappa shape index (κ1) is 28.6. The van der Waals surface area contributed by atoms with Gasteiger partial charge in [-0.1, -0.05) is 24.3 Å². The number of phenolic OH excluding ortho intramolecular Hbond substituents is 1. The molecular formula is C33H28N6O4. The second-order valence-electron chi connectivity index (χ2n) is 9.58. The van der Waals surface area contributed by atoms with Gasteiger partial charge in [0.1, 0.15) is 23.1 Å². The van der Waals surface area contributed by atoms with E-state index in [1.807, 2.05) is 10.8 Å². The molecule has 0 spiro atoms. The minimum atomic E-state index is -0.476. The van der Waals surface area contributed by atoms with Crippen molar-refractivity contribution >= 4 is 17.6 Å². The smallest absolute Gasteiger partial charge is 0.256 e. The number of carbonyl (C=O) groups is 2. The summed E-state index contributed by atoms with van der Waals surface area (Å²) in [5.74, 6) is -0.126. The number of methoxy groups -OCH3 is 1. The van der Waals surface area contributed by atoms with E-state index in [0.717, 1.165) is 13.0 Å². The molecule has 0 aliphatic heterocycles. The number of para-hydroxylation sites is 1. The van der Waals surface area contributed by atoms with Crippen LogP contribution in [0.3, 0.4) is 0 Å². The molecular weight excluding hydrogens is 544 g/mol. The predicted octanol–water partition coefficient (Wildman–Crippen LogP) is 5.27. The van der Waals surface area contributed by atoms with E-state index >= 15 is 0 Å². The highest BCUT2D eigenvalue weighted by atomic mass is 16.5. The Morgan fingerprint density at radius 3 is 2.51 bits per heavy atom. The van der Waals surface area contributed by atoms with Gasteiger partial charge in [-0.25, -0.2) is 9.97 Å². The zero-order chi connectivity index (χ0) is 30.2. The lowest BCUT2D eigenvalue weighted by Crippen LogP contribution is -2.25. The highest BCUT2D eigenvalue weighted by Gasteiger charge is 2.20. The van der Waals surface area contributed by atoms with Crippen LogP contribution in [0.25, 0.3) is 22.4 Å². The Hall–Kier alpha value is -5.95. The van der Waals surface area contributed by atoms with Crippen molar-refractivity contribution in [1.29, 1.82) is 5.26 Å². The summed E-state index contributed by atoms with van der Waals surface area (Å²) >= 11 is 0. The summed E-state index contributed by atoms with van der Waals surface area (Å²) in [6.45, 7) is 1.20. The Morgan fingerprint density at radius 1 is 0.977 bits per heavy atom. The number of ether oxygens (including phenoxy) is 1. The van der Waals surface area contributed by atoms with Gasteiger partial charge in [-0.15, -0.1) is 0 Å². The molecule has 0 aliphatic carbocycles. The van der Waals surface area contributed by atoms with Crippen LogP contribution < -0.4 is 15.4 Å². The minimum absolute atomic E-state index is 0.0121. The lowest BCUT2D eigenvalue weighted by atomic mass is 9.96. The van der Waals surface area contributed by atoms with Crippen molar-refractivity contribution in [3.05, 3.63) is 114 Å². The summed E-state index contributed by atoms with van der Waals surface area (Å²) in [4.78, 5) is 34.7. The third-order valence-corrected chi connectivity index (χ3v) is 6.77. The van der Waals surface area contributed by atoms with Crippen LogP contribution in [-0.2, 0) is 6.54 Å². The summed E-state index contributed by atoms with van der Waals surface area (Å²) < 4.78 is 7.11. The summed E-state index contributed by atoms with van der Waals surface area (Å²) in [6, 6.07) is 23.9. The van der Waals surface area contributed by atoms with Crippen LogP contribution in [0.1, 0.15) is 32.7 Å². The zero-order valence-electron chi connectivity index (χ0n) is 23.3. The fraction of sp³-hybridized carbons (Fsp3) is 0.121. The van der Waals surface area contributed by atoms with Crippen molar-refractivity contribution in [3.8, 4) is 40.0 Å². The van der Waals surface area contributed by atoms with Crippen LogP contribution in [-0.4, -0.2) is 45.1 Å². The van der Waals surface area contributed by atoms with Crippen molar-refractivity contribution in [2.45, 2.75) is 13.0 Å². The van der Waals surface area contributed by atoms with Gasteiger partial charge >= 0.3 is 0 Å². The van der Waals surface area contributed by atoms with E-state index in [2.05, 4.69) is 26.7 Å². The molecule has 10 heteroatoms. The lowest BCUT2D eigenvalue weighted by Gasteiger charge is -2.15. The van der Waals surface area contributed by atoms with Crippen molar-refractivity contribution < 1.29 is 19.4 Å². The average molecular weight is 573 g/mol. The Morgan fingerprint density at radius 2 is 1.79 bits per heavy atom. The Balaban J connectivity index is 1.48. The molecule has 2 aromatic heterocycles. The number of phenols is 1. The van der Waals surface area contributed by atoms with Gasteiger partial charge in [0.05, 0.1) is 19.1 Å². The predicted molar refractivity (Wildman–Crippen MR) is 162 cm³/mol. The number of imidazole rings is 1. The van der Waals surface area contributed by atoms with Gasteiger partial charge in [0.25, 0.3) is 11.8 Å². The van der Waals surface area contributed by atoms with Gasteiger partial charge in [-0.2, -0.15) is 5.26 Å². The van der Waals surface area contributed by atoms with Crippen LogP contribution in [0.2, 0.25) is 0 Å². The van der Waals surface area contributed by atoms with Crippen LogP contribution in [0.15, 0.2) is 97.6 Å². The normalized spacial score (nSPS) is 10.5. The highest BCUT2D eigenvalue weighted by Crippen LogP contribution is 2.35. The molecule has 0 fully saturated rings. The number of amides is 2. The minimum Gasteiger partial charge on any atom is -0.507 e. The number of hydrogen-bond donors (Lipinski definition) is 3. The fourth-order valence-electron chi connectivity index (χ4n) is 4.54. The Kier molecular flexibility index (Phi) is 8.73. The van der Waals surface area contributed by atoms with E-state index in [9.17, 15) is 20.0 Å². The zero-order valence-corrected chi connectivity index (χ0v) is 23.3. The lowest BCUT2D eigenvalue weighted by molar-refractivity contribution is 0.0952. The molecule has 10 nitrogen and oxygen atoms in total. The number of nitriles is 1. The van der Waals surface area contributed by atoms with E-state index in [0.29, 0.717) is 45.8 Å². The first-order valence-corrected chi connectivity index (χ1v) is 13.5. The molecule has 0 unspecified atom stereocenters. The summed E-state index contributed by atoms with van der Waals surface area (Å²) in [7, 11) is 1.53. The fourth-order valence-corrected chi connectivity index (χ4v) is 4.54. The van der Waals surface area contributed by atoms with Crippen LogP contribution in [0, 0.1) is 11.3 Å². The SMILES string of the molecule is COc1ccc(C(=O)Nc2nc(-c3ccccc3O)cc(-c3cccc(C(=O)NCCCn4ccnc4)c3)c2C#N)cc1. The molecule has 2 heterocycles. The monoisotopic (exact) mass is 572 g/mol. The Labute approximate surface area is 248 Å². The molecule has 3 aromatic carbocycles. The molecule has 0 bridgehead atoms. The third kappa shape index (κ3) is 6.69. The standard InChI is InChI=1S/C33H28N6O4/c1-43-25-12-10-22(11-13-25)33(42)38-31-28(20-34)27(19-29(37-31)26-8-2-3-9-30(26)40)23-6-4-7-24(18-23)32(41)36-14-5-16-39-17-15-35-21-39/h2-4,6-13,15,17-19,21,40H,5,14,16H2,1H3,(H,36,41)(H,37,38,42). The van der Waals surface area contributed by atoms with Gasteiger partial charge in [0, 0.05) is 47.7 Å². The number of aromatic hydroxyl groups is 1. The van der Waals surface area contributed by atoms with E-state index in [4.69, 9.17) is 4.74 Å². The van der Waals surface area contributed by atoms with E-state index < -0.39 is 5.91 Å². The number of rotatable bonds is 10. The quantitative estimate of drug-likeness (QED) is 0.194. The number of carbonyl (C=O) groups excluding carboxylic acids is 2. The van der Waals surface area contributed by atoms with Crippen molar-refractivity contribution in [3.63, 3.8) is 0 Å². The van der Waals surface area contributed by atoms with Gasteiger partial charge in [-0.05, 0) is 66.6 Å². The molecule has 2 amide bonds. The molecule has 0 saturated heterocycles. The van der Waals surface area contributed by atoms with E-state index in [-0.39, 0.29) is 23.0 Å². The number of aryl methyl sites for hydroxylation is 1. The molecule has 214 valence electrons. The number of nitrogens with zero attached hydrogens (tertiary/aromatic N) is 4. The molecule has 5 rings (SSSR count). The molecule has 43 heavy (non-hydrogen) atoms. The Bertz CT molecular complexity index is 1790. The number of pyridine rings is 1. The van der Waals surface area contributed by atoms with Crippen molar-refractivity contribution in [2.75, 3.05) is 19.0 Å². The number of benzene rings is 3. The van der Waals surface area contributed by atoms with E-state index in [1.54, 1.807) is 85.3 Å². The summed E-state index contributed by atoms with van der Waals surface area (Å²) in [5, 5.41) is 26.5. The van der Waals surface area contributed by atoms with Crippen molar-refractivity contribution in [1.82, 2.24) is 19.9 Å². The van der Waals surface area contributed by atoms with Crippen LogP contribution >= 0.6 is 0 Å². The topological polar surface area (TPSA) is 142 Å². The maximum atomic E-state index is 13.2. The van der Waals surface area contributed by atoms with Crippen molar-refractivity contribution in [2.24, 2.45) is 0 Å². The summed E-state index contributed by atoms with van der Waals surface area (Å²) in [5.41, 5.74) is 2.63. The maximum absolute atomic E-state index is 13.2. The largest absolute Gasteiger partial charge is 0.507 e. The summed E-state index contributed by atoms with van der Waals surface area (Å²) in [6.07, 6.45) is 6.03. The number of hydrogen-bond acceptors (Lipinski definition) is 7. The second kappa shape index (κ2) is 13.1. The first-order chi connectivity index (χ1) is 21.0.